The van der Waals surface area contributed by atoms with Gasteiger partial charge in [0.25, 0.3) is 5.91 Å². The predicted molar refractivity (Wildman–Crippen MR) is 98.0 cm³/mol. The van der Waals surface area contributed by atoms with Gasteiger partial charge < -0.3 is 19.0 Å². The molecular weight excluding hydrogens is 332 g/mol. The molecule has 1 saturated heterocycles. The summed E-state index contributed by atoms with van der Waals surface area (Å²) in [4.78, 5) is 28.4. The number of furan rings is 1. The second-order valence-corrected chi connectivity index (χ2v) is 6.08. The molecule has 0 spiro atoms. The van der Waals surface area contributed by atoms with E-state index in [1.165, 1.54) is 6.26 Å². The Bertz CT molecular complexity index is 817. The molecule has 2 aromatic rings. The first-order chi connectivity index (χ1) is 12.6. The van der Waals surface area contributed by atoms with Gasteiger partial charge in [-0.15, -0.1) is 0 Å². The number of methoxy groups -OCH3 is 1. The fourth-order valence-corrected chi connectivity index (χ4v) is 2.98. The summed E-state index contributed by atoms with van der Waals surface area (Å²) in [6.45, 7) is 3.82. The molecule has 3 rings (SSSR count). The second-order valence-electron chi connectivity index (χ2n) is 6.08. The molecule has 0 unspecified atom stereocenters. The summed E-state index contributed by atoms with van der Waals surface area (Å²) in [6, 6.07) is 9.22. The molecule has 1 aromatic heterocycles. The SMILES string of the molecule is COc1ccccc1C=CC(=O)N1CCN(C(=O)c2ccoc2C)CC1. The Kier molecular flexibility index (Phi) is 5.41. The van der Waals surface area contributed by atoms with Gasteiger partial charge in [-0.05, 0) is 25.1 Å². The number of hydrogen-bond acceptors (Lipinski definition) is 4. The van der Waals surface area contributed by atoms with Crippen molar-refractivity contribution in [3.8, 4) is 5.75 Å². The summed E-state index contributed by atoms with van der Waals surface area (Å²) in [5.41, 5.74) is 1.44. The number of hydrogen-bond donors (Lipinski definition) is 0. The van der Waals surface area contributed by atoms with Crippen LogP contribution in [0.25, 0.3) is 6.08 Å². The first-order valence-corrected chi connectivity index (χ1v) is 8.53. The van der Waals surface area contributed by atoms with Crippen LogP contribution < -0.4 is 4.74 Å². The van der Waals surface area contributed by atoms with E-state index < -0.39 is 0 Å². The highest BCUT2D eigenvalue weighted by Crippen LogP contribution is 2.19. The molecule has 1 aromatic carbocycles. The predicted octanol–water partition coefficient (Wildman–Crippen LogP) is 2.59. The van der Waals surface area contributed by atoms with E-state index in [0.717, 1.165) is 11.3 Å². The molecule has 1 aliphatic heterocycles. The Labute approximate surface area is 152 Å². The van der Waals surface area contributed by atoms with Crippen molar-refractivity contribution in [3.63, 3.8) is 0 Å². The zero-order valence-electron chi connectivity index (χ0n) is 15.0. The van der Waals surface area contributed by atoms with Crippen LogP contribution in [-0.4, -0.2) is 54.9 Å². The monoisotopic (exact) mass is 354 g/mol. The highest BCUT2D eigenvalue weighted by Gasteiger charge is 2.25. The van der Waals surface area contributed by atoms with Gasteiger partial charge >= 0.3 is 0 Å². The van der Waals surface area contributed by atoms with Crippen LogP contribution in [0.3, 0.4) is 0 Å². The van der Waals surface area contributed by atoms with Crippen LogP contribution in [0.4, 0.5) is 0 Å². The average molecular weight is 354 g/mol. The van der Waals surface area contributed by atoms with Gasteiger partial charge in [0.1, 0.15) is 11.5 Å². The number of benzene rings is 1. The van der Waals surface area contributed by atoms with Crippen LogP contribution in [0.15, 0.2) is 47.1 Å². The maximum Gasteiger partial charge on any atom is 0.257 e. The third-order valence-electron chi connectivity index (χ3n) is 4.51. The molecule has 26 heavy (non-hydrogen) atoms. The Balaban J connectivity index is 1.58. The minimum absolute atomic E-state index is 0.0482. The Morgan fingerprint density at radius 1 is 1.08 bits per heavy atom. The number of carbonyl (C=O) groups excluding carboxylic acids is 2. The molecule has 0 N–H and O–H groups in total. The van der Waals surface area contributed by atoms with Crippen LogP contribution in [0.1, 0.15) is 21.7 Å². The molecule has 0 atom stereocenters. The number of nitrogens with zero attached hydrogens (tertiary/aromatic N) is 2. The van der Waals surface area contributed by atoms with E-state index in [2.05, 4.69) is 0 Å². The first kappa shape index (κ1) is 17.8. The maximum atomic E-state index is 12.5. The highest BCUT2D eigenvalue weighted by atomic mass is 16.5. The van der Waals surface area contributed by atoms with E-state index in [1.807, 2.05) is 24.3 Å². The van der Waals surface area contributed by atoms with E-state index in [-0.39, 0.29) is 11.8 Å². The molecule has 2 heterocycles. The van der Waals surface area contributed by atoms with Crippen LogP contribution in [-0.2, 0) is 4.79 Å². The molecule has 0 saturated carbocycles. The number of para-hydroxylation sites is 1. The van der Waals surface area contributed by atoms with Gasteiger partial charge in [-0.3, -0.25) is 9.59 Å². The number of aryl methyl sites for hydroxylation is 1. The van der Waals surface area contributed by atoms with Crippen molar-refractivity contribution in [2.45, 2.75) is 6.92 Å². The third kappa shape index (κ3) is 3.79. The van der Waals surface area contributed by atoms with Crippen molar-refractivity contribution in [1.29, 1.82) is 0 Å². The lowest BCUT2D eigenvalue weighted by Crippen LogP contribution is -2.50. The van der Waals surface area contributed by atoms with E-state index in [0.29, 0.717) is 37.5 Å². The van der Waals surface area contributed by atoms with Gasteiger partial charge in [0.2, 0.25) is 5.91 Å². The lowest BCUT2D eigenvalue weighted by atomic mass is 10.1. The fraction of sp³-hybridized carbons (Fsp3) is 0.300. The topological polar surface area (TPSA) is 63.0 Å². The van der Waals surface area contributed by atoms with Crippen molar-refractivity contribution >= 4 is 17.9 Å². The lowest BCUT2D eigenvalue weighted by Gasteiger charge is -2.34. The number of ether oxygens (including phenoxy) is 1. The molecule has 2 amide bonds. The van der Waals surface area contributed by atoms with Crippen LogP contribution >= 0.6 is 0 Å². The van der Waals surface area contributed by atoms with E-state index in [9.17, 15) is 9.59 Å². The van der Waals surface area contributed by atoms with Crippen molar-refractivity contribution in [1.82, 2.24) is 9.80 Å². The smallest absolute Gasteiger partial charge is 0.257 e. The van der Waals surface area contributed by atoms with Gasteiger partial charge in [0.05, 0.1) is 18.9 Å². The molecule has 6 nitrogen and oxygen atoms in total. The minimum atomic E-state index is -0.0671. The second kappa shape index (κ2) is 7.91. The molecule has 0 bridgehead atoms. The summed E-state index contributed by atoms with van der Waals surface area (Å²) < 4.78 is 10.5. The van der Waals surface area contributed by atoms with E-state index in [1.54, 1.807) is 42.1 Å². The normalized spacial score (nSPS) is 14.7. The summed E-state index contributed by atoms with van der Waals surface area (Å²) in [6.07, 6.45) is 4.83. The number of carbonyl (C=O) groups is 2. The quantitative estimate of drug-likeness (QED) is 0.792. The van der Waals surface area contributed by atoms with Gasteiger partial charge in [-0.1, -0.05) is 18.2 Å². The fourth-order valence-electron chi connectivity index (χ4n) is 2.98. The van der Waals surface area contributed by atoms with Crippen molar-refractivity contribution in [3.05, 3.63) is 59.6 Å². The summed E-state index contributed by atoms with van der Waals surface area (Å²) in [5, 5.41) is 0. The molecule has 1 aliphatic rings. The Hall–Kier alpha value is -3.02. The lowest BCUT2D eigenvalue weighted by molar-refractivity contribution is -0.127. The van der Waals surface area contributed by atoms with Crippen molar-refractivity contribution in [2.75, 3.05) is 33.3 Å². The molecule has 1 fully saturated rings. The zero-order valence-corrected chi connectivity index (χ0v) is 15.0. The van der Waals surface area contributed by atoms with E-state index >= 15 is 0 Å². The van der Waals surface area contributed by atoms with Gasteiger partial charge in [0.15, 0.2) is 0 Å². The van der Waals surface area contributed by atoms with Crippen LogP contribution in [0.2, 0.25) is 0 Å². The largest absolute Gasteiger partial charge is 0.496 e. The number of amides is 2. The van der Waals surface area contributed by atoms with Gasteiger partial charge in [-0.2, -0.15) is 0 Å². The van der Waals surface area contributed by atoms with Crippen LogP contribution in [0.5, 0.6) is 5.75 Å². The molecule has 0 radical (unpaired) electrons. The highest BCUT2D eigenvalue weighted by molar-refractivity contribution is 5.95. The number of piperazine rings is 1. The number of rotatable bonds is 4. The van der Waals surface area contributed by atoms with Crippen molar-refractivity contribution in [2.24, 2.45) is 0 Å². The molecule has 0 aliphatic carbocycles. The van der Waals surface area contributed by atoms with Gasteiger partial charge in [0, 0.05) is 37.8 Å². The van der Waals surface area contributed by atoms with Gasteiger partial charge in [-0.25, -0.2) is 0 Å². The first-order valence-electron chi connectivity index (χ1n) is 8.53. The molecular formula is C20H22N2O4. The summed E-state index contributed by atoms with van der Waals surface area (Å²) >= 11 is 0. The third-order valence-corrected chi connectivity index (χ3v) is 4.51. The molecule has 6 heteroatoms. The zero-order chi connectivity index (χ0) is 18.5. The Morgan fingerprint density at radius 2 is 1.77 bits per heavy atom. The Morgan fingerprint density at radius 3 is 2.42 bits per heavy atom. The average Bonchev–Trinajstić information content (AvgIpc) is 3.11. The summed E-state index contributed by atoms with van der Waals surface area (Å²) in [5.74, 6) is 1.23. The summed E-state index contributed by atoms with van der Waals surface area (Å²) in [7, 11) is 1.60. The standard InChI is InChI=1S/C20H22N2O4/c1-15-17(9-14-26-15)20(24)22-12-10-21(11-13-22)19(23)8-7-16-5-3-4-6-18(16)25-2/h3-9,14H,10-13H2,1-2H3. The maximum absolute atomic E-state index is 12.5. The minimum Gasteiger partial charge on any atom is -0.496 e. The van der Waals surface area contributed by atoms with E-state index in [4.69, 9.17) is 9.15 Å². The van der Waals surface area contributed by atoms with Crippen molar-refractivity contribution < 1.29 is 18.7 Å². The van der Waals surface area contributed by atoms with Crippen LogP contribution in [0, 0.1) is 6.92 Å². The molecule has 136 valence electrons.